The van der Waals surface area contributed by atoms with Crippen molar-refractivity contribution in [1.82, 2.24) is 0 Å². The van der Waals surface area contributed by atoms with Crippen LogP contribution in [0, 0.1) is 5.82 Å². The molecular weight excluding hydrogens is 235 g/mol. The molecule has 0 saturated heterocycles. The molecule has 0 saturated carbocycles. The van der Waals surface area contributed by atoms with Gasteiger partial charge in [-0.05, 0) is 12.1 Å². The summed E-state index contributed by atoms with van der Waals surface area (Å²) in [4.78, 5) is 6.84. The molecule has 6 N–H and O–H groups in total. The average molecular weight is 245 g/mol. The van der Waals surface area contributed by atoms with Gasteiger partial charge in [0.1, 0.15) is 5.82 Å². The van der Waals surface area contributed by atoms with Gasteiger partial charge in [0, 0.05) is 0 Å². The van der Waals surface area contributed by atoms with Gasteiger partial charge in [-0.15, -0.1) is 0 Å². The van der Waals surface area contributed by atoms with Gasteiger partial charge in [0.2, 0.25) is 5.96 Å². The first-order valence-corrected chi connectivity index (χ1v) is 4.42. The van der Waals surface area contributed by atoms with E-state index in [0.717, 1.165) is 6.07 Å². The molecule has 0 aromatic heterocycles. The Morgan fingerprint density at radius 1 is 1.18 bits per heavy atom. The van der Waals surface area contributed by atoms with Crippen LogP contribution in [0.2, 0.25) is 0 Å². The summed E-state index contributed by atoms with van der Waals surface area (Å²) in [6, 6.07) is 3.31. The van der Waals surface area contributed by atoms with Crippen LogP contribution in [-0.4, -0.2) is 11.9 Å². The number of benzene rings is 1. The predicted octanol–water partition coefficient (Wildman–Crippen LogP) is 0.983. The van der Waals surface area contributed by atoms with Crippen molar-refractivity contribution in [3.63, 3.8) is 0 Å². The second-order valence-electron chi connectivity index (χ2n) is 2.98. The second-order valence-corrected chi connectivity index (χ2v) is 2.98. The highest BCUT2D eigenvalue weighted by Crippen LogP contribution is 2.31. The highest BCUT2D eigenvalue weighted by Gasteiger charge is 2.17. The molecule has 0 aliphatic heterocycles. The van der Waals surface area contributed by atoms with E-state index in [-0.39, 0.29) is 11.6 Å². The molecule has 0 amide bonds. The Morgan fingerprint density at radius 2 is 1.82 bits per heavy atom. The van der Waals surface area contributed by atoms with Gasteiger partial charge in [0.15, 0.2) is 5.96 Å². The minimum absolute atomic E-state index is 0.317. The van der Waals surface area contributed by atoms with E-state index in [1.54, 1.807) is 0 Å². The van der Waals surface area contributed by atoms with Crippen molar-refractivity contribution in [3.8, 4) is 0 Å². The Balaban J connectivity index is 3.23. The van der Waals surface area contributed by atoms with Crippen molar-refractivity contribution in [2.75, 3.05) is 0 Å². The highest BCUT2D eigenvalue weighted by molar-refractivity contribution is 5.93. The number of nitrogens with zero attached hydrogens (tertiary/aromatic N) is 2. The summed E-state index contributed by atoms with van der Waals surface area (Å²) in [5.41, 5.74) is 14.1. The lowest BCUT2D eigenvalue weighted by atomic mass is 10.2. The van der Waals surface area contributed by atoms with Crippen LogP contribution >= 0.6 is 0 Å². The molecule has 0 unspecified atom stereocenters. The van der Waals surface area contributed by atoms with Crippen LogP contribution in [0.4, 0.5) is 18.9 Å². The van der Waals surface area contributed by atoms with E-state index in [1.807, 2.05) is 0 Å². The number of hydrogen-bond donors (Lipinski definition) is 3. The van der Waals surface area contributed by atoms with Gasteiger partial charge >= 0.3 is 0 Å². The monoisotopic (exact) mass is 245 g/mol. The molecule has 1 aromatic carbocycles. The van der Waals surface area contributed by atoms with Crippen LogP contribution in [0.3, 0.4) is 0 Å². The van der Waals surface area contributed by atoms with E-state index in [1.165, 1.54) is 12.1 Å². The van der Waals surface area contributed by atoms with Crippen LogP contribution in [0.25, 0.3) is 0 Å². The van der Waals surface area contributed by atoms with Crippen molar-refractivity contribution in [2.24, 2.45) is 27.2 Å². The van der Waals surface area contributed by atoms with Crippen LogP contribution in [0.15, 0.2) is 28.2 Å². The molecule has 1 aromatic rings. The zero-order valence-electron chi connectivity index (χ0n) is 8.57. The molecular formula is C9H10F3N5. The van der Waals surface area contributed by atoms with E-state index in [0.29, 0.717) is 0 Å². The minimum atomic E-state index is -3.01. The number of hydrogen-bond acceptors (Lipinski definition) is 1. The summed E-state index contributed by atoms with van der Waals surface area (Å²) in [6.07, 6.45) is -3.01. The average Bonchev–Trinajstić information content (AvgIpc) is 2.15. The summed E-state index contributed by atoms with van der Waals surface area (Å²) in [6.45, 7) is 0. The van der Waals surface area contributed by atoms with Crippen LogP contribution in [-0.2, 0) is 0 Å². The second kappa shape index (κ2) is 5.19. The Hall–Kier alpha value is -2.25. The van der Waals surface area contributed by atoms with Gasteiger partial charge in [-0.25, -0.2) is 18.2 Å². The van der Waals surface area contributed by atoms with Crippen LogP contribution in [0.1, 0.15) is 12.0 Å². The molecule has 0 bridgehead atoms. The smallest absolute Gasteiger partial charge is 0.268 e. The molecule has 8 heteroatoms. The van der Waals surface area contributed by atoms with E-state index < -0.39 is 23.8 Å². The molecule has 92 valence electrons. The van der Waals surface area contributed by atoms with Crippen molar-refractivity contribution >= 4 is 17.6 Å². The molecule has 0 radical (unpaired) electrons. The molecule has 0 aliphatic rings. The maximum absolute atomic E-state index is 13.1. The number of rotatable bonds is 2. The zero-order chi connectivity index (χ0) is 13.0. The van der Waals surface area contributed by atoms with E-state index in [2.05, 4.69) is 9.98 Å². The number of aliphatic imine (C=N–C) groups is 2. The van der Waals surface area contributed by atoms with Gasteiger partial charge < -0.3 is 17.2 Å². The summed E-state index contributed by atoms with van der Waals surface area (Å²) >= 11 is 0. The van der Waals surface area contributed by atoms with Crippen molar-refractivity contribution in [3.05, 3.63) is 29.6 Å². The van der Waals surface area contributed by atoms with Gasteiger partial charge in [-0.2, -0.15) is 4.99 Å². The molecule has 5 nitrogen and oxygen atoms in total. The lowest BCUT2D eigenvalue weighted by molar-refractivity contribution is 0.147. The lowest BCUT2D eigenvalue weighted by Gasteiger charge is -2.05. The first-order chi connectivity index (χ1) is 7.91. The summed E-state index contributed by atoms with van der Waals surface area (Å²) in [5.74, 6) is -1.88. The van der Waals surface area contributed by atoms with Crippen LogP contribution in [0.5, 0.6) is 0 Å². The maximum atomic E-state index is 13.1. The Labute approximate surface area is 94.8 Å². The Kier molecular flexibility index (Phi) is 3.91. The third-order valence-electron chi connectivity index (χ3n) is 1.73. The SMILES string of the molecule is NC(N)=NC(N)=Nc1cccc(F)c1C(F)F. The molecule has 1 rings (SSSR count). The summed E-state index contributed by atoms with van der Waals surface area (Å²) in [5, 5.41) is 0. The number of alkyl halides is 2. The molecule has 17 heavy (non-hydrogen) atoms. The zero-order valence-corrected chi connectivity index (χ0v) is 8.57. The quantitative estimate of drug-likeness (QED) is 0.534. The first kappa shape index (κ1) is 12.8. The number of halogens is 3. The van der Waals surface area contributed by atoms with Crippen molar-refractivity contribution in [2.45, 2.75) is 6.43 Å². The summed E-state index contributed by atoms with van der Waals surface area (Å²) in [7, 11) is 0. The van der Waals surface area contributed by atoms with Gasteiger partial charge in [0.05, 0.1) is 11.3 Å². The minimum Gasteiger partial charge on any atom is -0.370 e. The normalized spacial score (nSPS) is 11.6. The highest BCUT2D eigenvalue weighted by atomic mass is 19.3. The van der Waals surface area contributed by atoms with Gasteiger partial charge in [-0.3, -0.25) is 0 Å². The van der Waals surface area contributed by atoms with E-state index >= 15 is 0 Å². The fraction of sp³-hybridized carbons (Fsp3) is 0.111. The third-order valence-corrected chi connectivity index (χ3v) is 1.73. The Morgan fingerprint density at radius 3 is 2.35 bits per heavy atom. The number of nitrogens with two attached hydrogens (primary N) is 3. The van der Waals surface area contributed by atoms with Crippen molar-refractivity contribution < 1.29 is 13.2 Å². The topological polar surface area (TPSA) is 103 Å². The van der Waals surface area contributed by atoms with Crippen molar-refractivity contribution in [1.29, 1.82) is 0 Å². The first-order valence-electron chi connectivity index (χ1n) is 4.42. The fourth-order valence-electron chi connectivity index (χ4n) is 1.12. The molecule has 0 fully saturated rings. The number of guanidine groups is 2. The molecule has 0 atom stereocenters. The lowest BCUT2D eigenvalue weighted by Crippen LogP contribution is -2.26. The predicted molar refractivity (Wildman–Crippen MR) is 58.4 cm³/mol. The third kappa shape index (κ3) is 3.37. The van der Waals surface area contributed by atoms with Crippen LogP contribution < -0.4 is 17.2 Å². The van der Waals surface area contributed by atoms with Gasteiger partial charge in [-0.1, -0.05) is 6.07 Å². The maximum Gasteiger partial charge on any atom is 0.268 e. The van der Waals surface area contributed by atoms with Gasteiger partial charge in [0.25, 0.3) is 6.43 Å². The summed E-state index contributed by atoms with van der Waals surface area (Å²) < 4.78 is 38.3. The molecule has 0 spiro atoms. The molecule has 0 aliphatic carbocycles. The largest absolute Gasteiger partial charge is 0.370 e. The van der Waals surface area contributed by atoms with E-state index in [4.69, 9.17) is 17.2 Å². The molecule has 0 heterocycles. The fourth-order valence-corrected chi connectivity index (χ4v) is 1.12. The van der Waals surface area contributed by atoms with E-state index in [9.17, 15) is 13.2 Å². The Bertz CT molecular complexity index is 466. The standard InChI is InChI=1S/C9H10F3N5/c10-4-2-1-3-5(6(4)7(11)12)16-9(15)17-8(13)14/h1-3,7H,(H6,13,14,15,16,17).